The molecule has 7 nitrogen and oxygen atoms in total. The topological polar surface area (TPSA) is 114 Å². The molecule has 98 valence electrons. The summed E-state index contributed by atoms with van der Waals surface area (Å²) in [5.74, 6) is 0.545. The third kappa shape index (κ3) is 5.59. The van der Waals surface area contributed by atoms with Crippen molar-refractivity contribution in [1.29, 1.82) is 0 Å². The van der Waals surface area contributed by atoms with E-state index in [-0.39, 0.29) is 13.2 Å². The fourth-order valence-electron chi connectivity index (χ4n) is 1.16. The first-order chi connectivity index (χ1) is 8.58. The SMILES string of the molecule is NC(=O)OCC(COC(N)=O)Oc1ccccc1. The lowest BCUT2D eigenvalue weighted by atomic mass is 10.3. The summed E-state index contributed by atoms with van der Waals surface area (Å²) in [7, 11) is 0. The smallest absolute Gasteiger partial charge is 0.404 e. The van der Waals surface area contributed by atoms with Gasteiger partial charge >= 0.3 is 12.2 Å². The molecule has 2 amide bonds. The Hall–Kier alpha value is -2.44. The van der Waals surface area contributed by atoms with Crippen LogP contribution < -0.4 is 16.2 Å². The Bertz CT molecular complexity index is 378. The number of hydrogen-bond donors (Lipinski definition) is 2. The van der Waals surface area contributed by atoms with Crippen LogP contribution in [0.1, 0.15) is 0 Å². The van der Waals surface area contributed by atoms with Crippen LogP contribution in [0.4, 0.5) is 9.59 Å². The van der Waals surface area contributed by atoms with E-state index >= 15 is 0 Å². The van der Waals surface area contributed by atoms with Crippen LogP contribution in [-0.4, -0.2) is 31.5 Å². The lowest BCUT2D eigenvalue weighted by Crippen LogP contribution is -2.33. The molecule has 0 saturated heterocycles. The van der Waals surface area contributed by atoms with Gasteiger partial charge in [-0.05, 0) is 12.1 Å². The molecule has 1 rings (SSSR count). The fraction of sp³-hybridized carbons (Fsp3) is 0.273. The first-order valence-corrected chi connectivity index (χ1v) is 5.14. The van der Waals surface area contributed by atoms with Crippen molar-refractivity contribution in [2.75, 3.05) is 13.2 Å². The van der Waals surface area contributed by atoms with Gasteiger partial charge in [-0.2, -0.15) is 0 Å². The van der Waals surface area contributed by atoms with Gasteiger partial charge in [-0.25, -0.2) is 9.59 Å². The molecule has 18 heavy (non-hydrogen) atoms. The van der Waals surface area contributed by atoms with Gasteiger partial charge in [0.05, 0.1) is 0 Å². The molecule has 0 bridgehead atoms. The second kappa shape index (κ2) is 7.00. The quantitative estimate of drug-likeness (QED) is 0.772. The molecular weight excluding hydrogens is 240 g/mol. The molecule has 0 aliphatic heterocycles. The summed E-state index contributed by atoms with van der Waals surface area (Å²) in [6, 6.07) is 8.79. The molecule has 0 radical (unpaired) electrons. The third-order valence-electron chi connectivity index (χ3n) is 1.87. The van der Waals surface area contributed by atoms with E-state index in [1.54, 1.807) is 24.3 Å². The summed E-state index contributed by atoms with van der Waals surface area (Å²) in [5, 5.41) is 0. The monoisotopic (exact) mass is 254 g/mol. The number of nitrogens with two attached hydrogens (primary N) is 2. The highest BCUT2D eigenvalue weighted by atomic mass is 16.6. The zero-order valence-electron chi connectivity index (χ0n) is 9.57. The standard InChI is InChI=1S/C11H14N2O5/c12-10(14)16-6-9(7-17-11(13)15)18-8-4-2-1-3-5-8/h1-5,9H,6-7H2,(H2,12,14)(H2,13,15). The molecule has 0 aromatic heterocycles. The van der Waals surface area contributed by atoms with Gasteiger partial charge in [0, 0.05) is 0 Å². The molecule has 0 spiro atoms. The third-order valence-corrected chi connectivity index (χ3v) is 1.87. The fourth-order valence-corrected chi connectivity index (χ4v) is 1.16. The molecule has 0 aliphatic rings. The molecule has 1 aromatic rings. The summed E-state index contributed by atoms with van der Waals surface area (Å²) >= 11 is 0. The Morgan fingerprint density at radius 3 is 1.94 bits per heavy atom. The number of hydrogen-bond acceptors (Lipinski definition) is 5. The molecule has 0 unspecified atom stereocenters. The van der Waals surface area contributed by atoms with Gasteiger partial charge < -0.3 is 25.7 Å². The Morgan fingerprint density at radius 1 is 1.00 bits per heavy atom. The van der Waals surface area contributed by atoms with Crippen molar-refractivity contribution in [3.05, 3.63) is 30.3 Å². The Kier molecular flexibility index (Phi) is 5.30. The van der Waals surface area contributed by atoms with Crippen LogP contribution in [0.25, 0.3) is 0 Å². The van der Waals surface area contributed by atoms with Crippen molar-refractivity contribution in [1.82, 2.24) is 0 Å². The van der Waals surface area contributed by atoms with Crippen LogP contribution in [0, 0.1) is 0 Å². The summed E-state index contributed by atoms with van der Waals surface area (Å²) in [6.45, 7) is -0.283. The van der Waals surface area contributed by atoms with E-state index in [4.69, 9.17) is 16.2 Å². The zero-order valence-corrected chi connectivity index (χ0v) is 9.57. The highest BCUT2D eigenvalue weighted by Gasteiger charge is 2.14. The molecule has 1 aromatic carbocycles. The average molecular weight is 254 g/mol. The molecule has 4 N–H and O–H groups in total. The van der Waals surface area contributed by atoms with Gasteiger partial charge in [0.2, 0.25) is 0 Å². The maximum atomic E-state index is 10.5. The number of para-hydroxylation sites is 1. The number of ether oxygens (including phenoxy) is 3. The lowest BCUT2D eigenvalue weighted by molar-refractivity contribution is 0.0411. The van der Waals surface area contributed by atoms with Crippen molar-refractivity contribution >= 4 is 12.2 Å². The average Bonchev–Trinajstić information content (AvgIpc) is 2.33. The maximum Gasteiger partial charge on any atom is 0.404 e. The summed E-state index contributed by atoms with van der Waals surface area (Å²) in [5.41, 5.74) is 9.68. The Labute approximate surface area is 104 Å². The highest BCUT2D eigenvalue weighted by molar-refractivity contribution is 5.65. The van der Waals surface area contributed by atoms with Crippen LogP contribution in [-0.2, 0) is 9.47 Å². The van der Waals surface area contributed by atoms with Gasteiger partial charge in [0.1, 0.15) is 19.0 Å². The Morgan fingerprint density at radius 2 is 1.50 bits per heavy atom. The first kappa shape index (κ1) is 13.6. The molecule has 0 saturated carbocycles. The van der Waals surface area contributed by atoms with Crippen molar-refractivity contribution in [3.8, 4) is 5.75 Å². The first-order valence-electron chi connectivity index (χ1n) is 5.14. The van der Waals surface area contributed by atoms with Crippen LogP contribution in [0.5, 0.6) is 5.75 Å². The van der Waals surface area contributed by atoms with E-state index < -0.39 is 18.3 Å². The van der Waals surface area contributed by atoms with Crippen molar-refractivity contribution in [2.45, 2.75) is 6.10 Å². The van der Waals surface area contributed by atoms with Crippen LogP contribution in [0.3, 0.4) is 0 Å². The van der Waals surface area contributed by atoms with Gasteiger partial charge in [-0.15, -0.1) is 0 Å². The van der Waals surface area contributed by atoms with Crippen LogP contribution in [0.15, 0.2) is 30.3 Å². The minimum Gasteiger partial charge on any atom is -0.483 e. The van der Waals surface area contributed by atoms with Gasteiger partial charge in [0.15, 0.2) is 6.10 Å². The van der Waals surface area contributed by atoms with E-state index in [2.05, 4.69) is 9.47 Å². The van der Waals surface area contributed by atoms with Crippen LogP contribution >= 0.6 is 0 Å². The van der Waals surface area contributed by atoms with Gasteiger partial charge in [-0.3, -0.25) is 0 Å². The van der Waals surface area contributed by atoms with E-state index in [9.17, 15) is 9.59 Å². The Balaban J connectivity index is 2.53. The maximum absolute atomic E-state index is 10.5. The number of carbonyl (C=O) groups is 2. The normalized spacial score (nSPS) is 9.83. The minimum absolute atomic E-state index is 0.141. The summed E-state index contributed by atoms with van der Waals surface area (Å²) in [4.78, 5) is 21.0. The zero-order chi connectivity index (χ0) is 13.4. The highest BCUT2D eigenvalue weighted by Crippen LogP contribution is 2.11. The van der Waals surface area contributed by atoms with E-state index in [0.717, 1.165) is 0 Å². The van der Waals surface area contributed by atoms with E-state index in [1.165, 1.54) is 0 Å². The molecule has 7 heteroatoms. The van der Waals surface area contributed by atoms with Crippen molar-refractivity contribution < 1.29 is 23.8 Å². The molecule has 0 fully saturated rings. The number of benzene rings is 1. The number of amides is 2. The number of carbonyl (C=O) groups excluding carboxylic acids is 2. The van der Waals surface area contributed by atoms with Crippen LogP contribution in [0.2, 0.25) is 0 Å². The van der Waals surface area contributed by atoms with Crippen molar-refractivity contribution in [3.63, 3.8) is 0 Å². The second-order valence-corrected chi connectivity index (χ2v) is 3.31. The largest absolute Gasteiger partial charge is 0.483 e. The van der Waals surface area contributed by atoms with Crippen molar-refractivity contribution in [2.24, 2.45) is 11.5 Å². The molecule has 0 heterocycles. The van der Waals surface area contributed by atoms with Gasteiger partial charge in [0.25, 0.3) is 0 Å². The van der Waals surface area contributed by atoms with E-state index in [1.807, 2.05) is 6.07 Å². The second-order valence-electron chi connectivity index (χ2n) is 3.31. The number of rotatable bonds is 6. The molecule has 0 aliphatic carbocycles. The molecule has 0 atom stereocenters. The molecular formula is C11H14N2O5. The van der Waals surface area contributed by atoms with E-state index in [0.29, 0.717) is 5.75 Å². The minimum atomic E-state index is -0.935. The lowest BCUT2D eigenvalue weighted by Gasteiger charge is -2.18. The predicted molar refractivity (Wildman–Crippen MR) is 61.9 cm³/mol. The van der Waals surface area contributed by atoms with Gasteiger partial charge in [-0.1, -0.05) is 18.2 Å². The summed E-state index contributed by atoms with van der Waals surface area (Å²) < 4.78 is 14.6. The predicted octanol–water partition coefficient (Wildman–Crippen LogP) is 0.625. The number of primary amides is 2. The summed E-state index contributed by atoms with van der Waals surface area (Å²) in [6.07, 6.45) is -2.54.